The van der Waals surface area contributed by atoms with Crippen molar-refractivity contribution in [2.75, 3.05) is 7.11 Å². The van der Waals surface area contributed by atoms with Crippen LogP contribution in [0.4, 0.5) is 0 Å². The number of carbonyl (C=O) groups excluding carboxylic acids is 4. The maximum Gasteiger partial charge on any atom is 0.308 e. The molecule has 0 aliphatic heterocycles. The molecule has 0 amide bonds. The lowest BCUT2D eigenvalue weighted by Crippen LogP contribution is -2.06. The number of allylic oxidation sites excluding steroid dienone is 5. The van der Waals surface area contributed by atoms with Crippen LogP contribution in [0.3, 0.4) is 0 Å². The van der Waals surface area contributed by atoms with Crippen molar-refractivity contribution >= 4 is 35.0 Å². The maximum atomic E-state index is 13.3. The van der Waals surface area contributed by atoms with Crippen LogP contribution >= 0.6 is 0 Å². The summed E-state index contributed by atoms with van der Waals surface area (Å²) in [4.78, 5) is 51.1. The lowest BCUT2D eigenvalue weighted by molar-refractivity contribution is -0.132. The molecule has 3 aromatic rings. The number of fused-ring (bicyclic) bond motifs is 2. The van der Waals surface area contributed by atoms with E-state index in [0.717, 1.165) is 5.56 Å². The van der Waals surface area contributed by atoms with E-state index in [1.165, 1.54) is 14.0 Å². The number of carbonyl (C=O) groups is 4. The lowest BCUT2D eigenvalue weighted by atomic mass is 9.95. The number of ketones is 3. The van der Waals surface area contributed by atoms with Crippen molar-refractivity contribution in [2.24, 2.45) is 0 Å². The van der Waals surface area contributed by atoms with E-state index in [1.807, 2.05) is 0 Å². The molecule has 2 aliphatic carbocycles. The predicted octanol–water partition coefficient (Wildman–Crippen LogP) is 5.29. The molecule has 3 aromatic carbocycles. The summed E-state index contributed by atoms with van der Waals surface area (Å²) in [6, 6.07) is 18.7. The van der Waals surface area contributed by atoms with Gasteiger partial charge in [0.05, 0.1) is 12.7 Å². The molecule has 6 nitrogen and oxygen atoms in total. The Morgan fingerprint density at radius 2 is 1.31 bits per heavy atom. The van der Waals surface area contributed by atoms with E-state index < -0.39 is 5.97 Å². The SMILES string of the molecule is COc1cc(/C=C/C=C2\C(=O)c3ccccc3C2=C2C(=O)c3ccccc3C2=O)ccc1OC(C)=O. The highest BCUT2D eigenvalue weighted by Crippen LogP contribution is 2.42. The van der Waals surface area contributed by atoms with Crippen LogP contribution in [-0.4, -0.2) is 30.4 Å². The monoisotopic (exact) mass is 476 g/mol. The highest BCUT2D eigenvalue weighted by Gasteiger charge is 2.40. The average Bonchev–Trinajstić information content (AvgIpc) is 3.29. The normalized spacial score (nSPS) is 15.6. The van der Waals surface area contributed by atoms with Gasteiger partial charge in [-0.1, -0.05) is 72.8 Å². The number of methoxy groups -OCH3 is 1. The third-order valence-corrected chi connectivity index (χ3v) is 6.07. The highest BCUT2D eigenvalue weighted by atomic mass is 16.6. The molecule has 0 atom stereocenters. The second-order valence-electron chi connectivity index (χ2n) is 8.27. The molecule has 0 radical (unpaired) electrons. The molecular formula is C30H20O6. The molecule has 0 unspecified atom stereocenters. The molecule has 0 bridgehead atoms. The Morgan fingerprint density at radius 1 is 0.722 bits per heavy atom. The summed E-state index contributed by atoms with van der Waals surface area (Å²) in [6.07, 6.45) is 5.04. The first-order valence-corrected chi connectivity index (χ1v) is 11.2. The average molecular weight is 476 g/mol. The fourth-order valence-electron chi connectivity index (χ4n) is 4.49. The first-order valence-electron chi connectivity index (χ1n) is 11.2. The van der Waals surface area contributed by atoms with Crippen molar-refractivity contribution in [1.82, 2.24) is 0 Å². The lowest BCUT2D eigenvalue weighted by Gasteiger charge is -2.08. The molecule has 0 heterocycles. The molecule has 0 saturated heterocycles. The minimum absolute atomic E-state index is 0.0153. The smallest absolute Gasteiger partial charge is 0.308 e. The summed E-state index contributed by atoms with van der Waals surface area (Å²) in [5.74, 6) is -0.790. The molecule has 6 heteroatoms. The number of benzene rings is 3. The molecule has 0 spiro atoms. The van der Waals surface area contributed by atoms with Gasteiger partial charge in [0.15, 0.2) is 28.8 Å². The van der Waals surface area contributed by atoms with Gasteiger partial charge < -0.3 is 9.47 Å². The molecular weight excluding hydrogens is 456 g/mol. The summed E-state index contributed by atoms with van der Waals surface area (Å²) in [5, 5.41) is 0. The minimum atomic E-state index is -0.459. The number of esters is 1. The predicted molar refractivity (Wildman–Crippen MR) is 134 cm³/mol. The Morgan fingerprint density at radius 3 is 1.89 bits per heavy atom. The van der Waals surface area contributed by atoms with Gasteiger partial charge in [-0.3, -0.25) is 19.2 Å². The van der Waals surface area contributed by atoms with Crippen molar-refractivity contribution in [1.29, 1.82) is 0 Å². The molecule has 0 N–H and O–H groups in total. The quantitative estimate of drug-likeness (QED) is 0.220. The van der Waals surface area contributed by atoms with E-state index >= 15 is 0 Å². The molecule has 0 fully saturated rings. The van der Waals surface area contributed by atoms with E-state index in [-0.39, 0.29) is 28.5 Å². The van der Waals surface area contributed by atoms with E-state index in [1.54, 1.807) is 85.0 Å². The van der Waals surface area contributed by atoms with Crippen molar-refractivity contribution in [2.45, 2.75) is 6.92 Å². The van der Waals surface area contributed by atoms with Crippen LogP contribution in [0.1, 0.15) is 49.1 Å². The Balaban J connectivity index is 1.59. The van der Waals surface area contributed by atoms with E-state index in [4.69, 9.17) is 9.47 Å². The molecule has 2 aliphatic rings. The van der Waals surface area contributed by atoms with Gasteiger partial charge in [0.2, 0.25) is 0 Å². The number of ether oxygens (including phenoxy) is 2. The molecule has 36 heavy (non-hydrogen) atoms. The van der Waals surface area contributed by atoms with Crippen LogP contribution in [-0.2, 0) is 4.79 Å². The van der Waals surface area contributed by atoms with Crippen molar-refractivity contribution in [3.05, 3.63) is 118 Å². The van der Waals surface area contributed by atoms with Crippen LogP contribution in [0.5, 0.6) is 11.5 Å². The summed E-state index contributed by atoms with van der Waals surface area (Å²) < 4.78 is 10.4. The number of hydrogen-bond donors (Lipinski definition) is 0. The zero-order valence-corrected chi connectivity index (χ0v) is 19.5. The summed E-state index contributed by atoms with van der Waals surface area (Å²) >= 11 is 0. The van der Waals surface area contributed by atoms with Gasteiger partial charge in [0.1, 0.15) is 0 Å². The molecule has 0 aromatic heterocycles. The van der Waals surface area contributed by atoms with Crippen LogP contribution in [0.15, 0.2) is 90.0 Å². The first-order chi connectivity index (χ1) is 17.4. The van der Waals surface area contributed by atoms with Crippen LogP contribution in [0, 0.1) is 0 Å². The number of hydrogen-bond acceptors (Lipinski definition) is 6. The molecule has 0 saturated carbocycles. The fourth-order valence-corrected chi connectivity index (χ4v) is 4.49. The first kappa shape index (κ1) is 22.9. The zero-order valence-electron chi connectivity index (χ0n) is 19.5. The van der Waals surface area contributed by atoms with E-state index in [0.29, 0.717) is 39.3 Å². The maximum absolute atomic E-state index is 13.3. The van der Waals surface area contributed by atoms with Crippen LogP contribution < -0.4 is 9.47 Å². The summed E-state index contributed by atoms with van der Waals surface area (Å²) in [6.45, 7) is 1.31. The van der Waals surface area contributed by atoms with Crippen LogP contribution in [0.2, 0.25) is 0 Å². The second kappa shape index (κ2) is 9.07. The summed E-state index contributed by atoms with van der Waals surface area (Å²) in [5.41, 5.74) is 3.09. The minimum Gasteiger partial charge on any atom is -0.493 e. The highest BCUT2D eigenvalue weighted by molar-refractivity contribution is 6.46. The van der Waals surface area contributed by atoms with Gasteiger partial charge in [-0.25, -0.2) is 0 Å². The topological polar surface area (TPSA) is 86.7 Å². The second-order valence-corrected chi connectivity index (χ2v) is 8.27. The van der Waals surface area contributed by atoms with Gasteiger partial charge in [0.25, 0.3) is 0 Å². The van der Waals surface area contributed by atoms with Gasteiger partial charge in [-0.2, -0.15) is 0 Å². The van der Waals surface area contributed by atoms with Crippen molar-refractivity contribution < 1.29 is 28.7 Å². The Hall–Kier alpha value is -4.84. The van der Waals surface area contributed by atoms with Crippen molar-refractivity contribution in [3.63, 3.8) is 0 Å². The zero-order chi connectivity index (χ0) is 25.4. The van der Waals surface area contributed by atoms with Gasteiger partial charge in [-0.05, 0) is 23.3 Å². The molecule has 176 valence electrons. The van der Waals surface area contributed by atoms with Crippen molar-refractivity contribution in [3.8, 4) is 11.5 Å². The summed E-state index contributed by atoms with van der Waals surface area (Å²) in [7, 11) is 1.47. The van der Waals surface area contributed by atoms with Gasteiger partial charge in [0, 0.05) is 34.8 Å². The van der Waals surface area contributed by atoms with Gasteiger partial charge in [-0.15, -0.1) is 0 Å². The Kier molecular flexibility index (Phi) is 5.78. The van der Waals surface area contributed by atoms with E-state index in [9.17, 15) is 19.2 Å². The largest absolute Gasteiger partial charge is 0.493 e. The number of rotatable bonds is 4. The third-order valence-electron chi connectivity index (χ3n) is 6.07. The van der Waals surface area contributed by atoms with Crippen LogP contribution in [0.25, 0.3) is 11.6 Å². The third kappa shape index (κ3) is 3.79. The fraction of sp³-hybridized carbons (Fsp3) is 0.0667. The Labute approximate surface area is 207 Å². The number of Topliss-reactive ketones (excluding diaryl/α,β-unsaturated/α-hetero) is 3. The van der Waals surface area contributed by atoms with E-state index in [2.05, 4.69) is 0 Å². The standard InChI is InChI=1S/C30H20O6/c1-17(31)36-24-15-14-18(16-25(24)35-2)8-7-13-23-26(19-9-3-4-10-20(19)28(23)32)27-29(33)21-11-5-6-12-22(21)30(27)34/h3-16H,1-2H3/b8-7+,23-13-. The Bertz CT molecular complexity index is 1530. The molecule has 5 rings (SSSR count). The van der Waals surface area contributed by atoms with Gasteiger partial charge >= 0.3 is 5.97 Å².